The van der Waals surface area contributed by atoms with Crippen LogP contribution in [0.5, 0.6) is 17.2 Å². The van der Waals surface area contributed by atoms with Gasteiger partial charge < -0.3 is 18.9 Å². The van der Waals surface area contributed by atoms with E-state index < -0.39 is 12.3 Å². The van der Waals surface area contributed by atoms with Crippen LogP contribution in [0.2, 0.25) is 0 Å². The third-order valence-corrected chi connectivity index (χ3v) is 3.22. The van der Waals surface area contributed by atoms with Crippen molar-refractivity contribution in [2.75, 3.05) is 6.79 Å². The Kier molecular flexibility index (Phi) is 2.72. The minimum atomic E-state index is -1.02. The quantitative estimate of drug-likeness (QED) is 0.782. The van der Waals surface area contributed by atoms with Gasteiger partial charge in [-0.3, -0.25) is 0 Å². The van der Waals surface area contributed by atoms with E-state index in [0.717, 1.165) is 0 Å². The Hall–Kier alpha value is -1.59. The highest BCUT2D eigenvalue weighted by molar-refractivity contribution is 6.48. The van der Waals surface area contributed by atoms with Crippen molar-refractivity contribution in [3.05, 3.63) is 28.3 Å². The third kappa shape index (κ3) is 1.85. The van der Waals surface area contributed by atoms with E-state index in [2.05, 4.69) is 0 Å². The Morgan fingerprint density at radius 3 is 2.72 bits per heavy atom. The first-order chi connectivity index (χ1) is 8.65. The number of fused-ring (bicyclic) bond motifs is 1. The van der Waals surface area contributed by atoms with Crippen LogP contribution in [0, 0.1) is 0 Å². The van der Waals surface area contributed by atoms with Gasteiger partial charge in [0.25, 0.3) is 6.29 Å². The van der Waals surface area contributed by atoms with E-state index in [1.807, 2.05) is 0 Å². The van der Waals surface area contributed by atoms with Gasteiger partial charge in [-0.25, -0.2) is 4.79 Å². The maximum atomic E-state index is 11.2. The minimum Gasteiger partial charge on any atom is -0.454 e. The normalized spacial score (nSPS) is 21.2. The summed E-state index contributed by atoms with van der Waals surface area (Å²) >= 11 is 11.4. The molecule has 0 spiro atoms. The summed E-state index contributed by atoms with van der Waals surface area (Å²) in [6.45, 7) is 0.170. The number of hydrogen-bond donors (Lipinski definition) is 0. The van der Waals surface area contributed by atoms with Crippen molar-refractivity contribution < 1.29 is 23.7 Å². The molecule has 0 saturated carbocycles. The van der Waals surface area contributed by atoms with E-state index in [9.17, 15) is 4.79 Å². The average molecular weight is 289 g/mol. The molecule has 2 heterocycles. The van der Waals surface area contributed by atoms with Crippen molar-refractivity contribution >= 4 is 29.2 Å². The van der Waals surface area contributed by atoms with Gasteiger partial charge in [0.1, 0.15) is 15.8 Å². The topological polar surface area (TPSA) is 54.0 Å². The Balaban J connectivity index is 1.80. The van der Waals surface area contributed by atoms with Gasteiger partial charge in [0, 0.05) is 6.07 Å². The summed E-state index contributed by atoms with van der Waals surface area (Å²) in [7, 11) is 0. The second kappa shape index (κ2) is 4.26. The summed E-state index contributed by atoms with van der Waals surface area (Å²) in [6.07, 6.45) is -1.02. The molecule has 5 nitrogen and oxygen atoms in total. The highest BCUT2D eigenvalue weighted by Gasteiger charge is 2.34. The SMILES string of the molecule is O=C1OC(Oc2ccc3c(c2)OCO3)C(Cl)=C1Cl. The fraction of sp³-hybridized carbons (Fsp3) is 0.182. The number of rotatable bonds is 2. The van der Waals surface area contributed by atoms with Gasteiger partial charge in [0.2, 0.25) is 6.79 Å². The first kappa shape index (κ1) is 11.5. The van der Waals surface area contributed by atoms with Crippen molar-refractivity contribution in [3.63, 3.8) is 0 Å². The lowest BCUT2D eigenvalue weighted by Crippen LogP contribution is -2.17. The van der Waals surface area contributed by atoms with Crippen LogP contribution in [-0.2, 0) is 9.53 Å². The molecule has 0 amide bonds. The standard InChI is InChI=1S/C11H6Cl2O5/c12-8-9(13)11(18-10(8)14)17-5-1-2-6-7(3-5)16-4-15-6/h1-3,11H,4H2. The lowest BCUT2D eigenvalue weighted by molar-refractivity contribution is -0.148. The van der Waals surface area contributed by atoms with Crippen molar-refractivity contribution in [2.24, 2.45) is 0 Å². The van der Waals surface area contributed by atoms with Crippen LogP contribution >= 0.6 is 23.2 Å². The predicted molar refractivity (Wildman–Crippen MR) is 61.8 cm³/mol. The molecule has 1 aromatic carbocycles. The first-order valence-corrected chi connectivity index (χ1v) is 5.73. The number of benzene rings is 1. The van der Waals surface area contributed by atoms with Crippen LogP contribution in [0.1, 0.15) is 0 Å². The smallest absolute Gasteiger partial charge is 0.354 e. The molecule has 2 aliphatic heterocycles. The average Bonchev–Trinajstić information content (AvgIpc) is 2.91. The lowest BCUT2D eigenvalue weighted by atomic mass is 10.3. The van der Waals surface area contributed by atoms with Crippen LogP contribution in [0.3, 0.4) is 0 Å². The van der Waals surface area contributed by atoms with Crippen molar-refractivity contribution in [1.29, 1.82) is 0 Å². The van der Waals surface area contributed by atoms with E-state index in [4.69, 9.17) is 42.1 Å². The number of esters is 1. The molecule has 1 unspecified atom stereocenters. The number of halogens is 2. The zero-order valence-electron chi connectivity index (χ0n) is 8.81. The van der Waals surface area contributed by atoms with Crippen LogP contribution in [0.4, 0.5) is 0 Å². The molecule has 0 aliphatic carbocycles. The second-order valence-corrected chi connectivity index (χ2v) is 4.32. The highest BCUT2D eigenvalue weighted by atomic mass is 35.5. The summed E-state index contributed by atoms with van der Waals surface area (Å²) in [5, 5.41) is -0.137. The molecular weight excluding hydrogens is 283 g/mol. The molecule has 1 aromatic rings. The van der Waals surface area contributed by atoms with E-state index >= 15 is 0 Å². The number of cyclic esters (lactones) is 1. The first-order valence-electron chi connectivity index (χ1n) is 4.97. The molecule has 0 fully saturated rings. The van der Waals surface area contributed by atoms with Crippen LogP contribution in [0.15, 0.2) is 28.3 Å². The number of carbonyl (C=O) groups excluding carboxylic acids is 1. The molecule has 0 aromatic heterocycles. The summed E-state index contributed by atoms with van der Waals surface area (Å²) < 4.78 is 20.6. The molecule has 0 bridgehead atoms. The van der Waals surface area contributed by atoms with Gasteiger partial charge in [-0.2, -0.15) is 0 Å². The summed E-state index contributed by atoms with van der Waals surface area (Å²) in [4.78, 5) is 11.2. The maximum Gasteiger partial charge on any atom is 0.354 e. The highest BCUT2D eigenvalue weighted by Crippen LogP contribution is 2.37. The van der Waals surface area contributed by atoms with E-state index in [-0.39, 0.29) is 16.9 Å². The Labute approximate surface area is 112 Å². The molecule has 2 aliphatic rings. The number of hydrogen-bond acceptors (Lipinski definition) is 5. The van der Waals surface area contributed by atoms with Crippen LogP contribution in [0.25, 0.3) is 0 Å². The Bertz CT molecular complexity index is 554. The molecule has 0 radical (unpaired) electrons. The van der Waals surface area contributed by atoms with E-state index in [1.165, 1.54) is 0 Å². The fourth-order valence-corrected chi connectivity index (χ4v) is 1.85. The zero-order chi connectivity index (χ0) is 12.7. The van der Waals surface area contributed by atoms with Crippen molar-refractivity contribution in [3.8, 4) is 17.2 Å². The van der Waals surface area contributed by atoms with Gasteiger partial charge in [0.15, 0.2) is 11.5 Å². The Morgan fingerprint density at radius 2 is 2.00 bits per heavy atom. The predicted octanol–water partition coefficient (Wildman–Crippen LogP) is 2.37. The molecule has 18 heavy (non-hydrogen) atoms. The van der Waals surface area contributed by atoms with E-state index in [0.29, 0.717) is 17.2 Å². The lowest BCUT2D eigenvalue weighted by Gasteiger charge is -2.13. The van der Waals surface area contributed by atoms with Crippen LogP contribution in [-0.4, -0.2) is 19.1 Å². The third-order valence-electron chi connectivity index (χ3n) is 2.40. The van der Waals surface area contributed by atoms with Gasteiger partial charge in [-0.1, -0.05) is 23.2 Å². The molecular formula is C11H6Cl2O5. The molecule has 3 rings (SSSR count). The van der Waals surface area contributed by atoms with Crippen LogP contribution < -0.4 is 14.2 Å². The van der Waals surface area contributed by atoms with Gasteiger partial charge >= 0.3 is 5.97 Å². The van der Waals surface area contributed by atoms with Gasteiger partial charge in [-0.05, 0) is 12.1 Å². The summed E-state index contributed by atoms with van der Waals surface area (Å²) in [6, 6.07) is 4.96. The molecule has 7 heteroatoms. The fourth-order valence-electron chi connectivity index (χ4n) is 1.55. The zero-order valence-corrected chi connectivity index (χ0v) is 10.3. The largest absolute Gasteiger partial charge is 0.454 e. The molecule has 0 saturated heterocycles. The molecule has 0 N–H and O–H groups in total. The van der Waals surface area contributed by atoms with Gasteiger partial charge in [0.05, 0.1) is 0 Å². The molecule has 1 atom stereocenters. The number of carbonyl (C=O) groups is 1. The number of ether oxygens (including phenoxy) is 4. The van der Waals surface area contributed by atoms with Crippen molar-refractivity contribution in [1.82, 2.24) is 0 Å². The monoisotopic (exact) mass is 288 g/mol. The summed E-state index contributed by atoms with van der Waals surface area (Å²) in [5.41, 5.74) is 0. The van der Waals surface area contributed by atoms with Crippen molar-refractivity contribution in [2.45, 2.75) is 6.29 Å². The maximum absolute atomic E-state index is 11.2. The second-order valence-electron chi connectivity index (χ2n) is 3.53. The Morgan fingerprint density at radius 1 is 1.22 bits per heavy atom. The van der Waals surface area contributed by atoms with Gasteiger partial charge in [-0.15, -0.1) is 0 Å². The minimum absolute atomic E-state index is 0.0272. The molecule has 94 valence electrons. The summed E-state index contributed by atoms with van der Waals surface area (Å²) in [5.74, 6) is 0.919. The van der Waals surface area contributed by atoms with E-state index in [1.54, 1.807) is 18.2 Å².